The third-order valence-electron chi connectivity index (χ3n) is 6.22. The largest absolute Gasteiger partial charge is 0.467 e. The zero-order valence-corrected chi connectivity index (χ0v) is 18.8. The molecule has 5 rings (SSSR count). The summed E-state index contributed by atoms with van der Waals surface area (Å²) in [6.45, 7) is 1.47. The monoisotopic (exact) mass is 455 g/mol. The Balaban J connectivity index is 1.55. The third-order valence-corrected chi connectivity index (χ3v) is 6.22. The average molecular weight is 456 g/mol. The first-order chi connectivity index (χ1) is 16.5. The van der Waals surface area contributed by atoms with Gasteiger partial charge in [0, 0.05) is 28.9 Å². The van der Waals surface area contributed by atoms with E-state index >= 15 is 0 Å². The summed E-state index contributed by atoms with van der Waals surface area (Å²) in [5.74, 6) is 0.325. The van der Waals surface area contributed by atoms with Gasteiger partial charge >= 0.3 is 0 Å². The van der Waals surface area contributed by atoms with Gasteiger partial charge in [-0.05, 0) is 56.2 Å². The van der Waals surface area contributed by atoms with Gasteiger partial charge in [-0.1, -0.05) is 24.3 Å². The molecule has 1 amide bonds. The van der Waals surface area contributed by atoms with Crippen LogP contribution >= 0.6 is 0 Å². The molecule has 1 atom stereocenters. The molecule has 7 nitrogen and oxygen atoms in total. The Morgan fingerprint density at radius 3 is 2.74 bits per heavy atom. The van der Waals surface area contributed by atoms with Gasteiger partial charge in [-0.2, -0.15) is 0 Å². The minimum absolute atomic E-state index is 0.0155. The Morgan fingerprint density at radius 1 is 1.09 bits per heavy atom. The molecule has 3 aromatic rings. The van der Waals surface area contributed by atoms with Crippen molar-refractivity contribution in [1.29, 1.82) is 0 Å². The molecule has 0 saturated heterocycles. The third kappa shape index (κ3) is 4.12. The molecule has 0 bridgehead atoms. The Kier molecular flexibility index (Phi) is 5.76. The van der Waals surface area contributed by atoms with Crippen LogP contribution in [0.2, 0.25) is 0 Å². The molecule has 0 saturated carbocycles. The lowest BCUT2D eigenvalue weighted by Crippen LogP contribution is -2.38. The zero-order chi connectivity index (χ0) is 23.7. The minimum atomic E-state index is -0.539. The zero-order valence-electron chi connectivity index (χ0n) is 18.8. The van der Waals surface area contributed by atoms with Crippen LogP contribution in [-0.2, 0) is 9.59 Å². The number of benzene rings is 2. The second kappa shape index (κ2) is 9.02. The summed E-state index contributed by atoms with van der Waals surface area (Å²) >= 11 is 0. The van der Waals surface area contributed by atoms with Crippen LogP contribution < -0.4 is 15.5 Å². The summed E-state index contributed by atoms with van der Waals surface area (Å²) in [5.41, 5.74) is 4.23. The van der Waals surface area contributed by atoms with Crippen LogP contribution in [0.3, 0.4) is 0 Å². The highest BCUT2D eigenvalue weighted by atomic mass is 16.3. The molecule has 0 spiro atoms. The molecule has 1 aromatic heterocycles. The van der Waals surface area contributed by atoms with E-state index in [0.29, 0.717) is 29.0 Å². The molecule has 2 heterocycles. The molecule has 0 radical (unpaired) electrons. The van der Waals surface area contributed by atoms with E-state index in [4.69, 9.17) is 4.42 Å². The molecule has 2 aromatic carbocycles. The van der Waals surface area contributed by atoms with Crippen LogP contribution in [0.25, 0.3) is 0 Å². The second-order valence-corrected chi connectivity index (χ2v) is 8.54. The molecule has 1 aliphatic carbocycles. The first-order valence-corrected chi connectivity index (χ1v) is 11.3. The van der Waals surface area contributed by atoms with Crippen molar-refractivity contribution in [2.45, 2.75) is 32.2 Å². The van der Waals surface area contributed by atoms with Crippen molar-refractivity contribution >= 4 is 34.5 Å². The summed E-state index contributed by atoms with van der Waals surface area (Å²) in [5, 5.41) is 6.36. The van der Waals surface area contributed by atoms with Gasteiger partial charge in [-0.3, -0.25) is 14.4 Å². The standard InChI is InChI=1S/C27H25N3O4/c1-17(31)18-7-4-8-19(15-18)28-25(33)16-30-22-11-3-2-9-20(22)29-21-10-5-12-23(32)26(21)27(30)24-13-6-14-34-24/h2-4,6-9,11,13-15,27,29H,5,10,12,16H2,1H3,(H,28,33). The number of hydrogen-bond donors (Lipinski definition) is 2. The summed E-state index contributed by atoms with van der Waals surface area (Å²) in [6, 6.07) is 17.7. The summed E-state index contributed by atoms with van der Waals surface area (Å²) in [4.78, 5) is 40.1. The molecule has 34 heavy (non-hydrogen) atoms. The highest BCUT2D eigenvalue weighted by Gasteiger charge is 2.38. The Hall–Kier alpha value is -4.13. The fraction of sp³-hybridized carbons (Fsp3) is 0.222. The molecule has 1 unspecified atom stereocenters. The van der Waals surface area contributed by atoms with Gasteiger partial charge in [0.2, 0.25) is 5.91 Å². The van der Waals surface area contributed by atoms with Gasteiger partial charge < -0.3 is 20.0 Å². The fourth-order valence-corrected chi connectivity index (χ4v) is 4.69. The number of carbonyl (C=O) groups is 3. The lowest BCUT2D eigenvalue weighted by Gasteiger charge is -2.33. The quantitative estimate of drug-likeness (QED) is 0.520. The van der Waals surface area contributed by atoms with Crippen molar-refractivity contribution in [3.8, 4) is 0 Å². The highest BCUT2D eigenvalue weighted by Crippen LogP contribution is 2.44. The SMILES string of the molecule is CC(=O)c1cccc(NC(=O)CN2c3ccccc3NC3=C(C(=O)CCC3)C2c2ccco2)c1. The van der Waals surface area contributed by atoms with Gasteiger partial charge in [-0.25, -0.2) is 0 Å². The van der Waals surface area contributed by atoms with E-state index in [1.54, 1.807) is 36.6 Å². The molecule has 1 aliphatic heterocycles. The number of anilines is 3. The van der Waals surface area contributed by atoms with Crippen LogP contribution in [0.5, 0.6) is 0 Å². The fourth-order valence-electron chi connectivity index (χ4n) is 4.69. The number of hydrogen-bond acceptors (Lipinski definition) is 6. The van der Waals surface area contributed by atoms with Crippen molar-refractivity contribution in [2.24, 2.45) is 0 Å². The molecule has 0 fully saturated rings. The minimum Gasteiger partial charge on any atom is -0.467 e. The lowest BCUT2D eigenvalue weighted by atomic mass is 9.88. The van der Waals surface area contributed by atoms with E-state index in [0.717, 1.165) is 29.9 Å². The van der Waals surface area contributed by atoms with E-state index in [1.165, 1.54) is 6.92 Å². The maximum atomic E-state index is 13.3. The van der Waals surface area contributed by atoms with Crippen molar-refractivity contribution in [1.82, 2.24) is 0 Å². The van der Waals surface area contributed by atoms with E-state index < -0.39 is 6.04 Å². The Morgan fingerprint density at radius 2 is 1.94 bits per heavy atom. The van der Waals surface area contributed by atoms with Crippen molar-refractivity contribution in [2.75, 3.05) is 22.1 Å². The summed E-state index contributed by atoms with van der Waals surface area (Å²) in [7, 11) is 0. The van der Waals surface area contributed by atoms with Crippen molar-refractivity contribution in [3.05, 3.63) is 89.5 Å². The highest BCUT2D eigenvalue weighted by molar-refractivity contribution is 6.02. The van der Waals surface area contributed by atoms with Crippen molar-refractivity contribution in [3.63, 3.8) is 0 Å². The maximum absolute atomic E-state index is 13.3. The number of furan rings is 1. The molecule has 2 aliphatic rings. The maximum Gasteiger partial charge on any atom is 0.243 e. The first-order valence-electron chi connectivity index (χ1n) is 11.3. The van der Waals surface area contributed by atoms with Gasteiger partial charge in [0.05, 0.1) is 24.2 Å². The lowest BCUT2D eigenvalue weighted by molar-refractivity contribution is -0.117. The molecular formula is C27H25N3O4. The number of allylic oxidation sites excluding steroid dienone is 1. The van der Waals surface area contributed by atoms with Crippen LogP contribution in [0.1, 0.15) is 48.3 Å². The topological polar surface area (TPSA) is 91.7 Å². The van der Waals surface area contributed by atoms with Crippen LogP contribution in [0.4, 0.5) is 17.1 Å². The number of para-hydroxylation sites is 2. The van der Waals surface area contributed by atoms with E-state index in [2.05, 4.69) is 10.6 Å². The normalized spacial score (nSPS) is 17.4. The number of Topliss-reactive ketones (excluding diaryl/α,β-unsaturated/α-hetero) is 2. The molecule has 2 N–H and O–H groups in total. The van der Waals surface area contributed by atoms with Gasteiger partial charge in [0.1, 0.15) is 11.8 Å². The van der Waals surface area contributed by atoms with Crippen LogP contribution in [0.15, 0.2) is 82.6 Å². The van der Waals surface area contributed by atoms with Crippen LogP contribution in [0, 0.1) is 0 Å². The number of nitrogens with one attached hydrogen (secondary N) is 2. The Labute approximate surface area is 197 Å². The second-order valence-electron chi connectivity index (χ2n) is 8.54. The molecule has 7 heteroatoms. The Bertz CT molecular complexity index is 1290. The summed E-state index contributed by atoms with van der Waals surface area (Å²) in [6.07, 6.45) is 3.58. The van der Waals surface area contributed by atoms with Crippen LogP contribution in [-0.4, -0.2) is 24.0 Å². The van der Waals surface area contributed by atoms with Gasteiger partial charge in [0.15, 0.2) is 11.6 Å². The number of amides is 1. The average Bonchev–Trinajstić information content (AvgIpc) is 3.31. The van der Waals surface area contributed by atoms with Crippen molar-refractivity contribution < 1.29 is 18.8 Å². The van der Waals surface area contributed by atoms with E-state index in [-0.39, 0.29) is 24.0 Å². The summed E-state index contributed by atoms with van der Waals surface area (Å²) < 4.78 is 5.79. The van der Waals surface area contributed by atoms with Gasteiger partial charge in [-0.15, -0.1) is 0 Å². The van der Waals surface area contributed by atoms with E-state index in [9.17, 15) is 14.4 Å². The first kappa shape index (κ1) is 21.7. The molecular weight excluding hydrogens is 430 g/mol. The van der Waals surface area contributed by atoms with Gasteiger partial charge in [0.25, 0.3) is 0 Å². The predicted molar refractivity (Wildman–Crippen MR) is 130 cm³/mol. The van der Waals surface area contributed by atoms with E-state index in [1.807, 2.05) is 35.2 Å². The number of nitrogens with zero attached hydrogens (tertiary/aromatic N) is 1. The molecule has 172 valence electrons. The number of rotatable bonds is 5. The number of fused-ring (bicyclic) bond motifs is 1. The predicted octanol–water partition coefficient (Wildman–Crippen LogP) is 5.10. The number of ketones is 2. The number of carbonyl (C=O) groups excluding carboxylic acids is 3. The smallest absolute Gasteiger partial charge is 0.243 e.